The standard InChI is InChI=1S/C8H10N4/c1-12(2)7-5-3-4-6-8(7)10-11-9-6/h3-5H,1-2H3,(H,9,10,11). The zero-order valence-corrected chi connectivity index (χ0v) is 7.07. The van der Waals surface area contributed by atoms with E-state index in [9.17, 15) is 0 Å². The average Bonchev–Trinajstić information content (AvgIpc) is 2.49. The number of aromatic nitrogens is 3. The number of nitrogens with one attached hydrogen (secondary N) is 1. The molecule has 0 bridgehead atoms. The molecule has 0 radical (unpaired) electrons. The SMILES string of the molecule is CN(C)c1cccc2n[nH]nc12. The molecule has 0 spiro atoms. The van der Waals surface area contributed by atoms with E-state index in [0.717, 1.165) is 16.7 Å². The summed E-state index contributed by atoms with van der Waals surface area (Å²) in [6, 6.07) is 5.93. The van der Waals surface area contributed by atoms with Gasteiger partial charge in [0.05, 0.1) is 5.69 Å². The summed E-state index contributed by atoms with van der Waals surface area (Å²) in [4.78, 5) is 2.02. The highest BCUT2D eigenvalue weighted by atomic mass is 15.3. The van der Waals surface area contributed by atoms with Crippen molar-refractivity contribution < 1.29 is 0 Å². The molecule has 0 atom stereocenters. The Kier molecular flexibility index (Phi) is 1.46. The quantitative estimate of drug-likeness (QED) is 0.681. The molecule has 1 N–H and O–H groups in total. The highest BCUT2D eigenvalue weighted by Crippen LogP contribution is 2.20. The normalized spacial score (nSPS) is 10.5. The summed E-state index contributed by atoms with van der Waals surface area (Å²) < 4.78 is 0. The Balaban J connectivity index is 2.73. The molecular weight excluding hydrogens is 152 g/mol. The lowest BCUT2D eigenvalue weighted by atomic mass is 10.2. The first-order valence-corrected chi connectivity index (χ1v) is 3.76. The molecule has 0 saturated carbocycles. The molecule has 1 aromatic heterocycles. The Morgan fingerprint density at radius 1 is 1.25 bits per heavy atom. The summed E-state index contributed by atoms with van der Waals surface area (Å²) in [5.74, 6) is 0. The smallest absolute Gasteiger partial charge is 0.136 e. The Morgan fingerprint density at radius 2 is 2.08 bits per heavy atom. The minimum atomic E-state index is 0.904. The Morgan fingerprint density at radius 3 is 2.83 bits per heavy atom. The number of nitrogens with zero attached hydrogens (tertiary/aromatic N) is 3. The van der Waals surface area contributed by atoms with Crippen LogP contribution in [0.15, 0.2) is 18.2 Å². The minimum Gasteiger partial charge on any atom is -0.376 e. The summed E-state index contributed by atoms with van der Waals surface area (Å²) in [6.45, 7) is 0. The molecular formula is C8H10N4. The molecule has 0 unspecified atom stereocenters. The fourth-order valence-electron chi connectivity index (χ4n) is 1.21. The van der Waals surface area contributed by atoms with Crippen LogP contribution in [0.1, 0.15) is 0 Å². The largest absolute Gasteiger partial charge is 0.376 e. The lowest BCUT2D eigenvalue weighted by molar-refractivity contribution is 0.958. The molecule has 1 heterocycles. The Hall–Kier alpha value is -1.58. The number of anilines is 1. The van der Waals surface area contributed by atoms with Crippen LogP contribution in [0.25, 0.3) is 11.0 Å². The molecule has 2 aromatic rings. The molecule has 0 aliphatic rings. The predicted molar refractivity (Wildman–Crippen MR) is 48.2 cm³/mol. The monoisotopic (exact) mass is 162 g/mol. The van der Waals surface area contributed by atoms with Gasteiger partial charge in [-0.05, 0) is 12.1 Å². The van der Waals surface area contributed by atoms with Gasteiger partial charge < -0.3 is 4.90 Å². The van der Waals surface area contributed by atoms with E-state index >= 15 is 0 Å². The zero-order valence-electron chi connectivity index (χ0n) is 7.07. The van der Waals surface area contributed by atoms with Gasteiger partial charge in [0, 0.05) is 14.1 Å². The molecule has 0 aliphatic carbocycles. The first-order valence-electron chi connectivity index (χ1n) is 3.76. The lowest BCUT2D eigenvalue weighted by Crippen LogP contribution is -2.08. The van der Waals surface area contributed by atoms with E-state index in [1.807, 2.05) is 37.2 Å². The molecule has 0 saturated heterocycles. The van der Waals surface area contributed by atoms with Gasteiger partial charge in [-0.1, -0.05) is 6.07 Å². The summed E-state index contributed by atoms with van der Waals surface area (Å²) in [5, 5.41) is 10.7. The van der Waals surface area contributed by atoms with Crippen molar-refractivity contribution in [1.82, 2.24) is 15.4 Å². The highest BCUT2D eigenvalue weighted by Gasteiger charge is 2.04. The van der Waals surface area contributed by atoms with Crippen molar-refractivity contribution >= 4 is 16.7 Å². The second-order valence-corrected chi connectivity index (χ2v) is 2.86. The van der Waals surface area contributed by atoms with Crippen LogP contribution in [0.3, 0.4) is 0 Å². The van der Waals surface area contributed by atoms with E-state index < -0.39 is 0 Å². The summed E-state index contributed by atoms with van der Waals surface area (Å²) in [7, 11) is 3.98. The summed E-state index contributed by atoms with van der Waals surface area (Å²) >= 11 is 0. The molecule has 0 aliphatic heterocycles. The number of rotatable bonds is 1. The Labute approximate surface area is 70.2 Å². The van der Waals surface area contributed by atoms with Gasteiger partial charge in [-0.3, -0.25) is 0 Å². The van der Waals surface area contributed by atoms with E-state index in [-0.39, 0.29) is 0 Å². The number of hydrogen-bond donors (Lipinski definition) is 1. The van der Waals surface area contributed by atoms with Gasteiger partial charge in [0.2, 0.25) is 0 Å². The third kappa shape index (κ3) is 0.922. The van der Waals surface area contributed by atoms with Gasteiger partial charge in [-0.25, -0.2) is 0 Å². The van der Waals surface area contributed by atoms with Gasteiger partial charge in [0.25, 0.3) is 0 Å². The van der Waals surface area contributed by atoms with E-state index in [1.165, 1.54) is 0 Å². The van der Waals surface area contributed by atoms with Crippen LogP contribution in [0.2, 0.25) is 0 Å². The number of hydrogen-bond acceptors (Lipinski definition) is 3. The van der Waals surface area contributed by atoms with Crippen LogP contribution >= 0.6 is 0 Å². The summed E-state index contributed by atoms with van der Waals surface area (Å²) in [6.07, 6.45) is 0. The number of benzene rings is 1. The van der Waals surface area contributed by atoms with Crippen LogP contribution in [0.5, 0.6) is 0 Å². The molecule has 12 heavy (non-hydrogen) atoms. The average molecular weight is 162 g/mol. The van der Waals surface area contributed by atoms with Crippen molar-refractivity contribution in [3.8, 4) is 0 Å². The molecule has 1 aromatic carbocycles. The van der Waals surface area contributed by atoms with Crippen LogP contribution in [-0.4, -0.2) is 29.5 Å². The molecule has 2 rings (SSSR count). The predicted octanol–water partition coefficient (Wildman–Crippen LogP) is 1.02. The van der Waals surface area contributed by atoms with Crippen molar-refractivity contribution in [1.29, 1.82) is 0 Å². The van der Waals surface area contributed by atoms with E-state index in [4.69, 9.17) is 0 Å². The van der Waals surface area contributed by atoms with Gasteiger partial charge >= 0.3 is 0 Å². The minimum absolute atomic E-state index is 0.904. The second-order valence-electron chi connectivity index (χ2n) is 2.86. The van der Waals surface area contributed by atoms with E-state index in [1.54, 1.807) is 0 Å². The van der Waals surface area contributed by atoms with Crippen LogP contribution in [0.4, 0.5) is 5.69 Å². The second kappa shape index (κ2) is 2.48. The van der Waals surface area contributed by atoms with Crippen LogP contribution in [-0.2, 0) is 0 Å². The Bertz CT molecular complexity index is 391. The third-order valence-corrected chi connectivity index (χ3v) is 1.81. The maximum Gasteiger partial charge on any atom is 0.136 e. The van der Waals surface area contributed by atoms with Gasteiger partial charge in [-0.15, -0.1) is 0 Å². The van der Waals surface area contributed by atoms with Gasteiger partial charge in [-0.2, -0.15) is 15.4 Å². The van der Waals surface area contributed by atoms with Crippen molar-refractivity contribution in [2.24, 2.45) is 0 Å². The summed E-state index contributed by atoms with van der Waals surface area (Å²) in [5.41, 5.74) is 2.91. The molecule has 62 valence electrons. The molecule has 0 fully saturated rings. The topological polar surface area (TPSA) is 44.8 Å². The van der Waals surface area contributed by atoms with Crippen LogP contribution in [0, 0.1) is 0 Å². The third-order valence-electron chi connectivity index (χ3n) is 1.81. The fourth-order valence-corrected chi connectivity index (χ4v) is 1.21. The molecule has 0 amide bonds. The fraction of sp³-hybridized carbons (Fsp3) is 0.250. The van der Waals surface area contributed by atoms with E-state index in [2.05, 4.69) is 15.4 Å². The number of para-hydroxylation sites is 1. The van der Waals surface area contributed by atoms with Crippen molar-refractivity contribution in [2.75, 3.05) is 19.0 Å². The maximum atomic E-state index is 4.06. The van der Waals surface area contributed by atoms with Crippen molar-refractivity contribution in [2.45, 2.75) is 0 Å². The first-order chi connectivity index (χ1) is 5.79. The van der Waals surface area contributed by atoms with Gasteiger partial charge in [0.15, 0.2) is 0 Å². The number of aromatic amines is 1. The maximum absolute atomic E-state index is 4.06. The molecule has 4 nitrogen and oxygen atoms in total. The number of fused-ring (bicyclic) bond motifs is 1. The van der Waals surface area contributed by atoms with Crippen molar-refractivity contribution in [3.63, 3.8) is 0 Å². The number of H-pyrrole nitrogens is 1. The van der Waals surface area contributed by atoms with E-state index in [0.29, 0.717) is 0 Å². The molecule has 4 heteroatoms. The zero-order chi connectivity index (χ0) is 8.55. The highest BCUT2D eigenvalue weighted by molar-refractivity contribution is 5.87. The van der Waals surface area contributed by atoms with Crippen molar-refractivity contribution in [3.05, 3.63) is 18.2 Å². The lowest BCUT2D eigenvalue weighted by Gasteiger charge is -2.11. The first kappa shape index (κ1) is 7.09. The van der Waals surface area contributed by atoms with Crippen LogP contribution < -0.4 is 4.90 Å². The van der Waals surface area contributed by atoms with Gasteiger partial charge in [0.1, 0.15) is 11.0 Å².